The number of carbonyl (C=O) groups excluding carboxylic acids is 1. The van der Waals surface area contributed by atoms with Crippen molar-refractivity contribution in [2.45, 2.75) is 52.3 Å². The van der Waals surface area contributed by atoms with Crippen LogP contribution in [0, 0.1) is 6.92 Å². The van der Waals surface area contributed by atoms with E-state index in [2.05, 4.69) is 15.7 Å². The summed E-state index contributed by atoms with van der Waals surface area (Å²) in [4.78, 5) is 10.8. The number of rotatable bonds is 7. The van der Waals surface area contributed by atoms with Gasteiger partial charge < -0.3 is 9.75 Å². The maximum absolute atomic E-state index is 13.8. The van der Waals surface area contributed by atoms with Crippen LogP contribution in [0.1, 0.15) is 39.2 Å². The van der Waals surface area contributed by atoms with Crippen LogP contribution in [0.5, 0.6) is 0 Å². The van der Waals surface area contributed by atoms with Crippen molar-refractivity contribution in [3.05, 3.63) is 41.2 Å². The van der Waals surface area contributed by atoms with Crippen LogP contribution in [0.3, 0.4) is 0 Å². The van der Waals surface area contributed by atoms with E-state index >= 15 is 0 Å². The van der Waals surface area contributed by atoms with Gasteiger partial charge in [0.25, 0.3) is 0 Å². The fourth-order valence-corrected chi connectivity index (χ4v) is 2.80. The Morgan fingerprint density at radius 1 is 1.18 bits per heavy atom. The summed E-state index contributed by atoms with van der Waals surface area (Å²) in [6, 6.07) is 7.05. The van der Waals surface area contributed by atoms with Crippen molar-refractivity contribution in [1.82, 2.24) is 10.4 Å². The number of ether oxygens (including phenoxy) is 1. The second-order valence-electron chi connectivity index (χ2n) is 6.90. The number of carbonyl (C=O) groups is 1. The van der Waals surface area contributed by atoms with Crippen LogP contribution in [-0.2, 0) is 9.53 Å². The molecular weight excluding hydrogens is 373 g/mol. The standard InChI is InChI=1S/C19H25F3N4O2/c1-13-7-9-16(10-8-13)23-24-17-14(2)26(11-5-6-12-28-15(3)27)25-18(17,4)19(20,21)22/h7-10,25H,5-6,11-12H2,1-4H3. The first-order chi connectivity index (χ1) is 13.0. The average Bonchev–Trinajstić information content (AvgIpc) is 2.85. The van der Waals surface area contributed by atoms with Gasteiger partial charge in [-0.1, -0.05) is 17.7 Å². The topological polar surface area (TPSA) is 66.3 Å². The van der Waals surface area contributed by atoms with E-state index in [4.69, 9.17) is 4.74 Å². The quantitative estimate of drug-likeness (QED) is 0.407. The summed E-state index contributed by atoms with van der Waals surface area (Å²) in [5.74, 6) is -0.376. The average molecular weight is 398 g/mol. The van der Waals surface area contributed by atoms with E-state index in [1.165, 1.54) is 11.9 Å². The van der Waals surface area contributed by atoms with Crippen molar-refractivity contribution in [3.63, 3.8) is 0 Å². The summed E-state index contributed by atoms with van der Waals surface area (Å²) >= 11 is 0. The molecule has 0 spiro atoms. The van der Waals surface area contributed by atoms with Crippen molar-refractivity contribution in [1.29, 1.82) is 0 Å². The minimum Gasteiger partial charge on any atom is -0.466 e. The van der Waals surface area contributed by atoms with Crippen molar-refractivity contribution in [3.8, 4) is 0 Å². The molecule has 1 N–H and O–H groups in total. The second-order valence-corrected chi connectivity index (χ2v) is 6.90. The Kier molecular flexibility index (Phi) is 6.82. The van der Waals surface area contributed by atoms with Crippen molar-refractivity contribution < 1.29 is 22.7 Å². The highest BCUT2D eigenvalue weighted by molar-refractivity contribution is 5.65. The molecule has 28 heavy (non-hydrogen) atoms. The number of halogens is 3. The van der Waals surface area contributed by atoms with Gasteiger partial charge in [0.05, 0.1) is 18.0 Å². The summed E-state index contributed by atoms with van der Waals surface area (Å²) in [6.07, 6.45) is -3.45. The fraction of sp³-hybridized carbons (Fsp3) is 0.526. The molecule has 9 heteroatoms. The molecule has 0 bridgehead atoms. The Labute approximate surface area is 162 Å². The van der Waals surface area contributed by atoms with Crippen LogP contribution in [0.25, 0.3) is 0 Å². The number of esters is 1. The molecule has 2 rings (SSSR count). The molecule has 1 heterocycles. The highest BCUT2D eigenvalue weighted by atomic mass is 19.4. The van der Waals surface area contributed by atoms with Crippen LogP contribution in [0.15, 0.2) is 45.9 Å². The van der Waals surface area contributed by atoms with Crippen LogP contribution in [0.4, 0.5) is 18.9 Å². The van der Waals surface area contributed by atoms with Crippen molar-refractivity contribution in [2.75, 3.05) is 13.2 Å². The van der Waals surface area contributed by atoms with E-state index in [9.17, 15) is 18.0 Å². The van der Waals surface area contributed by atoms with E-state index in [0.717, 1.165) is 12.5 Å². The molecule has 1 unspecified atom stereocenters. The molecule has 0 amide bonds. The molecule has 0 radical (unpaired) electrons. The number of hydrazine groups is 1. The number of hydrogen-bond donors (Lipinski definition) is 1. The first kappa shape index (κ1) is 21.9. The minimum atomic E-state index is -4.55. The number of azo groups is 1. The lowest BCUT2D eigenvalue weighted by molar-refractivity contribution is -0.186. The monoisotopic (exact) mass is 398 g/mol. The van der Waals surface area contributed by atoms with Crippen LogP contribution < -0.4 is 5.43 Å². The zero-order chi connectivity index (χ0) is 20.9. The Balaban J connectivity index is 2.17. The molecular formula is C19H25F3N4O2. The van der Waals surface area contributed by atoms with Gasteiger partial charge in [-0.15, -0.1) is 0 Å². The number of nitrogens with zero attached hydrogens (tertiary/aromatic N) is 3. The number of nitrogens with one attached hydrogen (secondary N) is 1. The summed E-state index contributed by atoms with van der Waals surface area (Å²) < 4.78 is 46.2. The Bertz CT molecular complexity index is 759. The third-order valence-electron chi connectivity index (χ3n) is 4.53. The Hall–Kier alpha value is -2.42. The van der Waals surface area contributed by atoms with Gasteiger partial charge >= 0.3 is 12.1 Å². The SMILES string of the molecule is CC(=O)OCCCCN1NC(C)(C(F)(F)F)C(N=Nc2ccc(C)cc2)=C1C. The zero-order valence-electron chi connectivity index (χ0n) is 16.4. The fourth-order valence-electron chi connectivity index (χ4n) is 2.80. The molecule has 154 valence electrons. The van der Waals surface area contributed by atoms with E-state index in [1.807, 2.05) is 19.1 Å². The summed E-state index contributed by atoms with van der Waals surface area (Å²) in [5.41, 5.74) is 1.90. The van der Waals surface area contributed by atoms with Gasteiger partial charge in [0.1, 0.15) is 5.70 Å². The van der Waals surface area contributed by atoms with E-state index < -0.39 is 11.7 Å². The first-order valence-electron chi connectivity index (χ1n) is 9.00. The number of aryl methyl sites for hydroxylation is 1. The maximum Gasteiger partial charge on any atom is 0.413 e. The first-order valence-corrected chi connectivity index (χ1v) is 9.00. The molecule has 0 saturated heterocycles. The van der Waals surface area contributed by atoms with Gasteiger partial charge in [0.2, 0.25) is 0 Å². The predicted octanol–water partition coefficient (Wildman–Crippen LogP) is 4.79. The molecule has 1 aliphatic heterocycles. The van der Waals surface area contributed by atoms with E-state index in [0.29, 0.717) is 30.8 Å². The number of benzene rings is 1. The molecule has 0 aliphatic carbocycles. The van der Waals surface area contributed by atoms with Gasteiger partial charge in [-0.2, -0.15) is 23.4 Å². The molecule has 1 aromatic rings. The Morgan fingerprint density at radius 2 is 1.82 bits per heavy atom. The number of allylic oxidation sites excluding steroid dienone is 1. The lowest BCUT2D eigenvalue weighted by atomic mass is 9.98. The van der Waals surface area contributed by atoms with Crippen molar-refractivity contribution >= 4 is 11.7 Å². The summed E-state index contributed by atoms with van der Waals surface area (Å²) in [7, 11) is 0. The number of unbranched alkanes of at least 4 members (excludes halogenated alkanes) is 1. The smallest absolute Gasteiger partial charge is 0.413 e. The summed E-state index contributed by atoms with van der Waals surface area (Å²) in [5, 5.41) is 9.38. The molecule has 0 fully saturated rings. The summed E-state index contributed by atoms with van der Waals surface area (Å²) in [6.45, 7) is 6.42. The van der Waals surface area contributed by atoms with Crippen LogP contribution in [-0.4, -0.2) is 35.8 Å². The predicted molar refractivity (Wildman–Crippen MR) is 98.6 cm³/mol. The second kappa shape index (κ2) is 8.72. The van der Waals surface area contributed by atoms with Gasteiger partial charge in [0.15, 0.2) is 5.54 Å². The van der Waals surface area contributed by atoms with Gasteiger partial charge in [-0.05, 0) is 45.7 Å². The molecule has 1 aromatic carbocycles. The lowest BCUT2D eigenvalue weighted by Crippen LogP contribution is -2.56. The van der Waals surface area contributed by atoms with Gasteiger partial charge in [-0.3, -0.25) is 4.79 Å². The number of alkyl halides is 3. The molecule has 0 saturated carbocycles. The zero-order valence-corrected chi connectivity index (χ0v) is 16.4. The van der Waals surface area contributed by atoms with Gasteiger partial charge in [-0.25, -0.2) is 5.43 Å². The molecule has 6 nitrogen and oxygen atoms in total. The number of hydrogen-bond acceptors (Lipinski definition) is 6. The van der Waals surface area contributed by atoms with Crippen molar-refractivity contribution in [2.24, 2.45) is 10.2 Å². The molecule has 1 atom stereocenters. The minimum absolute atomic E-state index is 0.166. The highest BCUT2D eigenvalue weighted by Crippen LogP contribution is 2.43. The van der Waals surface area contributed by atoms with E-state index in [-0.39, 0.29) is 18.3 Å². The van der Waals surface area contributed by atoms with Crippen LogP contribution in [0.2, 0.25) is 0 Å². The largest absolute Gasteiger partial charge is 0.466 e. The maximum atomic E-state index is 13.8. The third kappa shape index (κ3) is 5.09. The van der Waals surface area contributed by atoms with Gasteiger partial charge in [0, 0.05) is 13.5 Å². The van der Waals surface area contributed by atoms with E-state index in [1.54, 1.807) is 19.1 Å². The van der Waals surface area contributed by atoms with Crippen LogP contribution >= 0.6 is 0 Å². The third-order valence-corrected chi connectivity index (χ3v) is 4.53. The molecule has 0 aromatic heterocycles. The normalized spacial score (nSPS) is 20.3. The highest BCUT2D eigenvalue weighted by Gasteiger charge is 2.59. The Morgan fingerprint density at radius 3 is 2.39 bits per heavy atom. The lowest BCUT2D eigenvalue weighted by Gasteiger charge is -2.30. The molecule has 1 aliphatic rings.